The SMILES string of the molecule is C/C=C1/CC[C@]2(C)C(=O)CC[C@H]12. The van der Waals surface area contributed by atoms with E-state index in [9.17, 15) is 4.79 Å². The predicted molar refractivity (Wildman–Crippen MR) is 48.8 cm³/mol. The lowest BCUT2D eigenvalue weighted by molar-refractivity contribution is -0.125. The Labute approximate surface area is 73.8 Å². The molecule has 2 fully saturated rings. The molecule has 0 heterocycles. The van der Waals surface area contributed by atoms with Gasteiger partial charge in [-0.2, -0.15) is 0 Å². The molecule has 0 bridgehead atoms. The summed E-state index contributed by atoms with van der Waals surface area (Å²) in [6.45, 7) is 4.26. The van der Waals surface area contributed by atoms with Gasteiger partial charge in [-0.05, 0) is 32.1 Å². The molecule has 0 aliphatic heterocycles. The second-order valence-electron chi connectivity index (χ2n) is 4.30. The number of fused-ring (bicyclic) bond motifs is 1. The van der Waals surface area contributed by atoms with Gasteiger partial charge in [0.1, 0.15) is 5.78 Å². The quantitative estimate of drug-likeness (QED) is 0.503. The Kier molecular flexibility index (Phi) is 1.64. The lowest BCUT2D eigenvalue weighted by Gasteiger charge is -2.21. The zero-order valence-corrected chi connectivity index (χ0v) is 7.89. The Morgan fingerprint density at radius 1 is 1.50 bits per heavy atom. The third-order valence-electron chi connectivity index (χ3n) is 3.82. The molecule has 0 aromatic rings. The normalized spacial score (nSPS) is 44.0. The first kappa shape index (κ1) is 8.03. The monoisotopic (exact) mass is 164 g/mol. The number of carbonyl (C=O) groups excluding carboxylic acids is 1. The van der Waals surface area contributed by atoms with Gasteiger partial charge in [-0.3, -0.25) is 4.79 Å². The number of carbonyl (C=O) groups is 1. The van der Waals surface area contributed by atoms with Gasteiger partial charge in [-0.1, -0.05) is 18.6 Å². The smallest absolute Gasteiger partial charge is 0.139 e. The first-order chi connectivity index (χ1) is 5.68. The van der Waals surface area contributed by atoms with Crippen molar-refractivity contribution in [3.8, 4) is 0 Å². The van der Waals surface area contributed by atoms with Crippen molar-refractivity contribution in [2.75, 3.05) is 0 Å². The highest BCUT2D eigenvalue weighted by atomic mass is 16.1. The number of hydrogen-bond donors (Lipinski definition) is 0. The second kappa shape index (κ2) is 2.45. The van der Waals surface area contributed by atoms with Crippen LogP contribution >= 0.6 is 0 Å². The first-order valence-corrected chi connectivity index (χ1v) is 4.87. The fraction of sp³-hybridized carbons (Fsp3) is 0.727. The van der Waals surface area contributed by atoms with Crippen LogP contribution in [0.25, 0.3) is 0 Å². The summed E-state index contributed by atoms with van der Waals surface area (Å²) in [6.07, 6.45) is 6.39. The van der Waals surface area contributed by atoms with E-state index in [1.54, 1.807) is 0 Å². The topological polar surface area (TPSA) is 17.1 Å². The molecule has 0 unspecified atom stereocenters. The molecule has 0 saturated heterocycles. The van der Waals surface area contributed by atoms with Gasteiger partial charge in [-0.15, -0.1) is 0 Å². The van der Waals surface area contributed by atoms with Gasteiger partial charge in [0.2, 0.25) is 0 Å². The minimum absolute atomic E-state index is 0.0296. The van der Waals surface area contributed by atoms with Crippen LogP contribution in [0.5, 0.6) is 0 Å². The minimum atomic E-state index is 0.0296. The van der Waals surface area contributed by atoms with Crippen LogP contribution in [0.3, 0.4) is 0 Å². The fourth-order valence-electron chi connectivity index (χ4n) is 2.91. The van der Waals surface area contributed by atoms with Gasteiger partial charge < -0.3 is 0 Å². The van der Waals surface area contributed by atoms with Gasteiger partial charge in [-0.25, -0.2) is 0 Å². The first-order valence-electron chi connectivity index (χ1n) is 4.87. The molecule has 2 rings (SSSR count). The molecule has 0 radical (unpaired) electrons. The van der Waals surface area contributed by atoms with Crippen LogP contribution in [0.1, 0.15) is 39.5 Å². The summed E-state index contributed by atoms with van der Waals surface area (Å²) in [7, 11) is 0. The van der Waals surface area contributed by atoms with Crippen molar-refractivity contribution in [3.63, 3.8) is 0 Å². The summed E-state index contributed by atoms with van der Waals surface area (Å²) in [5, 5.41) is 0. The maximum Gasteiger partial charge on any atom is 0.139 e. The molecule has 2 saturated carbocycles. The van der Waals surface area contributed by atoms with Crippen molar-refractivity contribution >= 4 is 5.78 Å². The molecule has 66 valence electrons. The summed E-state index contributed by atoms with van der Waals surface area (Å²) in [5.41, 5.74) is 1.56. The largest absolute Gasteiger partial charge is 0.299 e. The molecule has 2 aliphatic carbocycles. The number of ketones is 1. The summed E-state index contributed by atoms with van der Waals surface area (Å²) >= 11 is 0. The highest BCUT2D eigenvalue weighted by Gasteiger charge is 2.50. The standard InChI is InChI=1S/C11H16O/c1-3-8-6-7-11(2)9(8)4-5-10(11)12/h3,9H,4-7H2,1-2H3/b8-3-/t9-,11+/m1/s1. The predicted octanol–water partition coefficient (Wildman–Crippen LogP) is 2.71. The van der Waals surface area contributed by atoms with E-state index in [0.717, 1.165) is 25.7 Å². The second-order valence-corrected chi connectivity index (χ2v) is 4.30. The minimum Gasteiger partial charge on any atom is -0.299 e. The summed E-state index contributed by atoms with van der Waals surface area (Å²) in [5.74, 6) is 1.10. The Balaban J connectivity index is 2.35. The maximum absolute atomic E-state index is 11.6. The highest BCUT2D eigenvalue weighted by molar-refractivity contribution is 5.88. The number of Topliss-reactive ketones (excluding diaryl/α,β-unsaturated/α-hetero) is 1. The van der Waals surface area contributed by atoms with Crippen LogP contribution in [-0.2, 0) is 4.79 Å². The average molecular weight is 164 g/mol. The zero-order chi connectivity index (χ0) is 8.77. The van der Waals surface area contributed by atoms with Gasteiger partial charge >= 0.3 is 0 Å². The average Bonchev–Trinajstić information content (AvgIpc) is 2.51. The van der Waals surface area contributed by atoms with Crippen molar-refractivity contribution in [1.29, 1.82) is 0 Å². The number of hydrogen-bond acceptors (Lipinski definition) is 1. The summed E-state index contributed by atoms with van der Waals surface area (Å²) in [4.78, 5) is 11.6. The Hall–Kier alpha value is -0.590. The molecule has 12 heavy (non-hydrogen) atoms. The van der Waals surface area contributed by atoms with Crippen LogP contribution in [0, 0.1) is 11.3 Å². The molecule has 1 heteroatoms. The molecule has 0 N–H and O–H groups in total. The van der Waals surface area contributed by atoms with E-state index in [2.05, 4.69) is 19.9 Å². The lowest BCUT2D eigenvalue weighted by atomic mass is 9.81. The van der Waals surface area contributed by atoms with Crippen molar-refractivity contribution in [1.82, 2.24) is 0 Å². The van der Waals surface area contributed by atoms with E-state index < -0.39 is 0 Å². The van der Waals surface area contributed by atoms with Crippen LogP contribution in [0.4, 0.5) is 0 Å². The molecule has 0 spiro atoms. The van der Waals surface area contributed by atoms with Crippen LogP contribution < -0.4 is 0 Å². The van der Waals surface area contributed by atoms with E-state index >= 15 is 0 Å². The van der Waals surface area contributed by atoms with Crippen molar-refractivity contribution in [2.45, 2.75) is 39.5 Å². The van der Waals surface area contributed by atoms with Crippen LogP contribution in [0.15, 0.2) is 11.6 Å². The molecule has 2 aliphatic rings. The van der Waals surface area contributed by atoms with Gasteiger partial charge in [0.25, 0.3) is 0 Å². The van der Waals surface area contributed by atoms with Crippen molar-refractivity contribution in [2.24, 2.45) is 11.3 Å². The van der Waals surface area contributed by atoms with E-state index in [1.807, 2.05) is 0 Å². The fourth-order valence-corrected chi connectivity index (χ4v) is 2.91. The number of rotatable bonds is 0. The van der Waals surface area contributed by atoms with E-state index in [0.29, 0.717) is 11.7 Å². The van der Waals surface area contributed by atoms with Crippen LogP contribution in [-0.4, -0.2) is 5.78 Å². The van der Waals surface area contributed by atoms with Gasteiger partial charge in [0, 0.05) is 11.8 Å². The molecule has 1 nitrogen and oxygen atoms in total. The Bertz CT molecular complexity index is 252. The highest BCUT2D eigenvalue weighted by Crippen LogP contribution is 2.54. The van der Waals surface area contributed by atoms with Gasteiger partial charge in [0.05, 0.1) is 0 Å². The van der Waals surface area contributed by atoms with Crippen LogP contribution in [0.2, 0.25) is 0 Å². The molecule has 0 amide bonds. The van der Waals surface area contributed by atoms with Crippen molar-refractivity contribution in [3.05, 3.63) is 11.6 Å². The summed E-state index contributed by atoms with van der Waals surface area (Å²) in [6, 6.07) is 0. The van der Waals surface area contributed by atoms with E-state index in [1.165, 1.54) is 5.57 Å². The third kappa shape index (κ3) is 0.825. The summed E-state index contributed by atoms with van der Waals surface area (Å²) < 4.78 is 0. The van der Waals surface area contributed by atoms with Crippen molar-refractivity contribution < 1.29 is 4.79 Å². The van der Waals surface area contributed by atoms with E-state index in [-0.39, 0.29) is 5.41 Å². The Morgan fingerprint density at radius 2 is 2.25 bits per heavy atom. The molecular weight excluding hydrogens is 148 g/mol. The van der Waals surface area contributed by atoms with Gasteiger partial charge in [0.15, 0.2) is 0 Å². The lowest BCUT2D eigenvalue weighted by Crippen LogP contribution is -2.23. The van der Waals surface area contributed by atoms with E-state index in [4.69, 9.17) is 0 Å². The molecule has 0 aromatic carbocycles. The Morgan fingerprint density at radius 3 is 2.92 bits per heavy atom. The molecule has 0 aromatic heterocycles. The number of allylic oxidation sites excluding steroid dienone is 2. The zero-order valence-electron chi connectivity index (χ0n) is 7.89. The molecular formula is C11H16O. The molecule has 2 atom stereocenters. The third-order valence-corrected chi connectivity index (χ3v) is 3.82. The maximum atomic E-state index is 11.6.